The number of amides is 3. The molecule has 140 valence electrons. The Morgan fingerprint density at radius 1 is 1.22 bits per heavy atom. The van der Waals surface area contributed by atoms with Crippen molar-refractivity contribution in [1.82, 2.24) is 10.2 Å². The van der Waals surface area contributed by atoms with Crippen LogP contribution in [0.4, 0.5) is 4.79 Å². The molecular weight excluding hydrogens is 388 g/mol. The van der Waals surface area contributed by atoms with Crippen molar-refractivity contribution in [3.8, 4) is 0 Å². The lowest BCUT2D eigenvalue weighted by Gasteiger charge is -2.12. The summed E-state index contributed by atoms with van der Waals surface area (Å²) < 4.78 is 5.17. The van der Waals surface area contributed by atoms with E-state index < -0.39 is 0 Å². The molecule has 1 saturated heterocycles. The molecule has 3 amide bonds. The van der Waals surface area contributed by atoms with Crippen LogP contribution in [0.15, 0.2) is 52.0 Å². The van der Waals surface area contributed by atoms with Crippen LogP contribution in [0.3, 0.4) is 0 Å². The fraction of sp³-hybridized carbons (Fsp3) is 0.211. The second kappa shape index (κ2) is 8.92. The highest BCUT2D eigenvalue weighted by atomic mass is 35.5. The molecule has 0 aliphatic carbocycles. The molecular formula is C19H17ClN2O4S. The largest absolute Gasteiger partial charge is 0.469 e. The van der Waals surface area contributed by atoms with Gasteiger partial charge in [-0.2, -0.15) is 0 Å². The molecule has 0 unspecified atom stereocenters. The topological polar surface area (TPSA) is 79.6 Å². The lowest BCUT2D eigenvalue weighted by molar-refractivity contribution is -0.124. The van der Waals surface area contributed by atoms with Gasteiger partial charge in [-0.3, -0.25) is 19.3 Å². The normalized spacial score (nSPS) is 15.6. The van der Waals surface area contributed by atoms with E-state index in [1.165, 1.54) is 0 Å². The van der Waals surface area contributed by atoms with Gasteiger partial charge in [0.1, 0.15) is 5.76 Å². The molecule has 2 heterocycles. The van der Waals surface area contributed by atoms with E-state index in [0.29, 0.717) is 21.9 Å². The number of nitrogens with one attached hydrogen (secondary N) is 1. The molecule has 0 atom stereocenters. The highest BCUT2D eigenvalue weighted by Crippen LogP contribution is 2.33. The van der Waals surface area contributed by atoms with Crippen LogP contribution in [0.5, 0.6) is 0 Å². The average molecular weight is 405 g/mol. The summed E-state index contributed by atoms with van der Waals surface area (Å²) in [6, 6.07) is 10.7. The number of halogens is 1. The smallest absolute Gasteiger partial charge is 0.293 e. The molecule has 0 radical (unpaired) electrons. The maximum Gasteiger partial charge on any atom is 0.293 e. The third-order valence-corrected chi connectivity index (χ3v) is 5.15. The number of hydrogen-bond donors (Lipinski definition) is 1. The SMILES string of the molecule is O=C(CCc1ccco1)NCCN1C(=O)SC(=Cc2ccccc2Cl)C1=O. The molecule has 0 saturated carbocycles. The molecule has 6 nitrogen and oxygen atoms in total. The number of hydrogen-bond acceptors (Lipinski definition) is 5. The van der Waals surface area contributed by atoms with Crippen molar-refractivity contribution in [2.24, 2.45) is 0 Å². The van der Waals surface area contributed by atoms with E-state index in [4.69, 9.17) is 16.0 Å². The molecule has 0 bridgehead atoms. The lowest BCUT2D eigenvalue weighted by Crippen LogP contribution is -2.37. The summed E-state index contributed by atoms with van der Waals surface area (Å²) >= 11 is 6.96. The minimum absolute atomic E-state index is 0.122. The zero-order chi connectivity index (χ0) is 19.2. The Bertz CT molecular complexity index is 880. The van der Waals surface area contributed by atoms with Gasteiger partial charge < -0.3 is 9.73 Å². The Balaban J connectivity index is 1.50. The standard InChI is InChI=1S/C19H17ClN2O4S/c20-15-6-2-1-4-13(15)12-16-18(24)22(19(25)27-16)10-9-21-17(23)8-7-14-5-3-11-26-14/h1-6,11-12H,7-10H2,(H,21,23). The zero-order valence-corrected chi connectivity index (χ0v) is 15.9. The van der Waals surface area contributed by atoms with Crippen molar-refractivity contribution < 1.29 is 18.8 Å². The van der Waals surface area contributed by atoms with Crippen LogP contribution in [0.25, 0.3) is 6.08 Å². The van der Waals surface area contributed by atoms with E-state index in [1.807, 2.05) is 0 Å². The second-order valence-corrected chi connectivity index (χ2v) is 7.18. The number of aryl methyl sites for hydroxylation is 1. The van der Waals surface area contributed by atoms with Crippen LogP contribution in [0.1, 0.15) is 17.7 Å². The van der Waals surface area contributed by atoms with Crippen molar-refractivity contribution >= 4 is 46.5 Å². The van der Waals surface area contributed by atoms with Crippen LogP contribution in [0.2, 0.25) is 5.02 Å². The molecule has 0 spiro atoms. The summed E-state index contributed by atoms with van der Waals surface area (Å²) in [4.78, 5) is 37.8. The lowest BCUT2D eigenvalue weighted by atomic mass is 10.2. The third kappa shape index (κ3) is 5.02. The third-order valence-electron chi connectivity index (χ3n) is 3.90. The first-order valence-electron chi connectivity index (χ1n) is 8.33. The number of imide groups is 1. The number of carbonyl (C=O) groups is 3. The van der Waals surface area contributed by atoms with Crippen LogP contribution < -0.4 is 5.32 Å². The van der Waals surface area contributed by atoms with Crippen molar-refractivity contribution in [2.45, 2.75) is 12.8 Å². The van der Waals surface area contributed by atoms with E-state index in [1.54, 1.807) is 48.7 Å². The summed E-state index contributed by atoms with van der Waals surface area (Å²) in [5, 5.41) is 2.86. The van der Waals surface area contributed by atoms with Gasteiger partial charge in [0.25, 0.3) is 11.1 Å². The molecule has 1 N–H and O–H groups in total. The van der Waals surface area contributed by atoms with Crippen LogP contribution >= 0.6 is 23.4 Å². The number of nitrogens with zero attached hydrogens (tertiary/aromatic N) is 1. The fourth-order valence-corrected chi connectivity index (χ4v) is 3.56. The number of carbonyl (C=O) groups excluding carboxylic acids is 3. The number of rotatable bonds is 7. The van der Waals surface area contributed by atoms with Gasteiger partial charge >= 0.3 is 0 Å². The molecule has 1 aliphatic heterocycles. The molecule has 2 aromatic rings. The Morgan fingerprint density at radius 3 is 2.78 bits per heavy atom. The maximum absolute atomic E-state index is 12.4. The van der Waals surface area contributed by atoms with Gasteiger partial charge in [-0.05, 0) is 41.6 Å². The van der Waals surface area contributed by atoms with Crippen LogP contribution in [-0.4, -0.2) is 35.0 Å². The predicted octanol–water partition coefficient (Wildman–Crippen LogP) is 3.72. The van der Waals surface area contributed by atoms with Crippen LogP contribution in [0, 0.1) is 0 Å². The van der Waals surface area contributed by atoms with Gasteiger partial charge in [-0.15, -0.1) is 0 Å². The Labute approximate surface area is 165 Å². The summed E-state index contributed by atoms with van der Waals surface area (Å²) in [6.07, 6.45) is 3.95. The molecule has 3 rings (SSSR count). The number of thioether (sulfide) groups is 1. The monoisotopic (exact) mass is 404 g/mol. The Hall–Kier alpha value is -2.51. The van der Waals surface area contributed by atoms with Crippen molar-refractivity contribution in [1.29, 1.82) is 0 Å². The Morgan fingerprint density at radius 2 is 2.04 bits per heavy atom. The van der Waals surface area contributed by atoms with E-state index in [2.05, 4.69) is 5.32 Å². The predicted molar refractivity (Wildman–Crippen MR) is 104 cm³/mol. The molecule has 1 fully saturated rings. The van der Waals surface area contributed by atoms with E-state index in [0.717, 1.165) is 22.4 Å². The molecule has 1 aliphatic rings. The van der Waals surface area contributed by atoms with Gasteiger partial charge in [-0.1, -0.05) is 29.8 Å². The van der Waals surface area contributed by atoms with Crippen molar-refractivity contribution in [3.63, 3.8) is 0 Å². The van der Waals surface area contributed by atoms with Gasteiger partial charge in [-0.25, -0.2) is 0 Å². The molecule has 1 aromatic carbocycles. The quantitative estimate of drug-likeness (QED) is 0.711. The highest BCUT2D eigenvalue weighted by Gasteiger charge is 2.34. The maximum atomic E-state index is 12.4. The summed E-state index contributed by atoms with van der Waals surface area (Å²) in [6.45, 7) is 0.325. The van der Waals surface area contributed by atoms with Gasteiger partial charge in [0.15, 0.2) is 0 Å². The average Bonchev–Trinajstić information content (AvgIpc) is 3.25. The molecule has 27 heavy (non-hydrogen) atoms. The van der Waals surface area contributed by atoms with E-state index >= 15 is 0 Å². The minimum atomic E-state index is -0.380. The van der Waals surface area contributed by atoms with E-state index in [9.17, 15) is 14.4 Å². The fourth-order valence-electron chi connectivity index (χ4n) is 2.51. The number of furan rings is 1. The summed E-state index contributed by atoms with van der Waals surface area (Å²) in [5.74, 6) is 0.195. The van der Waals surface area contributed by atoms with Crippen LogP contribution in [-0.2, 0) is 16.0 Å². The first-order valence-corrected chi connectivity index (χ1v) is 9.53. The zero-order valence-electron chi connectivity index (χ0n) is 14.3. The first kappa shape index (κ1) is 19.3. The number of benzene rings is 1. The van der Waals surface area contributed by atoms with Crippen molar-refractivity contribution in [3.05, 3.63) is 63.9 Å². The first-order chi connectivity index (χ1) is 13.0. The van der Waals surface area contributed by atoms with Gasteiger partial charge in [0.2, 0.25) is 5.91 Å². The van der Waals surface area contributed by atoms with Crippen molar-refractivity contribution in [2.75, 3.05) is 13.1 Å². The summed E-state index contributed by atoms with van der Waals surface area (Å²) in [5.41, 5.74) is 0.677. The van der Waals surface area contributed by atoms with Gasteiger partial charge in [0, 0.05) is 31.0 Å². The molecule has 8 heteroatoms. The molecule has 1 aromatic heterocycles. The van der Waals surface area contributed by atoms with Gasteiger partial charge in [0.05, 0.1) is 11.2 Å². The Kier molecular flexibility index (Phi) is 6.36. The minimum Gasteiger partial charge on any atom is -0.469 e. The second-order valence-electron chi connectivity index (χ2n) is 5.78. The summed E-state index contributed by atoms with van der Waals surface area (Å²) in [7, 11) is 0. The highest BCUT2D eigenvalue weighted by molar-refractivity contribution is 8.18. The van der Waals surface area contributed by atoms with E-state index in [-0.39, 0.29) is 36.6 Å².